The summed E-state index contributed by atoms with van der Waals surface area (Å²) in [6, 6.07) is 16.3. The number of hydrogen-bond donors (Lipinski definition) is 3. The van der Waals surface area contributed by atoms with Crippen molar-refractivity contribution in [3.8, 4) is 11.1 Å². The van der Waals surface area contributed by atoms with Gasteiger partial charge in [0, 0.05) is 19.0 Å². The molecule has 0 bridgehead atoms. The zero-order valence-corrected chi connectivity index (χ0v) is 19.1. The minimum Gasteiger partial charge on any atom is -0.481 e. The number of carboxylic acids is 1. The summed E-state index contributed by atoms with van der Waals surface area (Å²) in [7, 11) is 0. The van der Waals surface area contributed by atoms with Gasteiger partial charge in [0.1, 0.15) is 6.61 Å². The molecule has 0 spiro atoms. The van der Waals surface area contributed by atoms with Crippen molar-refractivity contribution >= 4 is 18.0 Å². The molecule has 2 aromatic rings. The molecule has 2 aromatic carbocycles. The first kappa shape index (κ1) is 22.4. The lowest BCUT2D eigenvalue weighted by Crippen LogP contribution is -2.42. The SMILES string of the molecule is O=C(NCC(CC1CC1)C(=O)NCC1(C(=O)O)CC1)OCC1c2ccccc2-c2ccccc21. The molecule has 178 valence electrons. The maximum atomic E-state index is 12.8. The van der Waals surface area contributed by atoms with E-state index in [0.717, 1.165) is 24.0 Å². The largest absolute Gasteiger partial charge is 0.481 e. The van der Waals surface area contributed by atoms with Crippen molar-refractivity contribution in [3.63, 3.8) is 0 Å². The predicted octanol–water partition coefficient (Wildman–Crippen LogP) is 3.92. The van der Waals surface area contributed by atoms with Crippen LogP contribution in [0.25, 0.3) is 11.1 Å². The summed E-state index contributed by atoms with van der Waals surface area (Å²) in [6.07, 6.45) is 3.51. The van der Waals surface area contributed by atoms with E-state index in [4.69, 9.17) is 4.74 Å². The second-order valence-electron chi connectivity index (χ2n) is 9.89. The smallest absolute Gasteiger partial charge is 0.407 e. The molecule has 2 fully saturated rings. The fourth-order valence-electron chi connectivity index (χ4n) is 4.91. The van der Waals surface area contributed by atoms with E-state index in [2.05, 4.69) is 34.9 Å². The van der Waals surface area contributed by atoms with Crippen LogP contribution in [0.15, 0.2) is 48.5 Å². The van der Waals surface area contributed by atoms with Gasteiger partial charge in [0.25, 0.3) is 0 Å². The molecular weight excluding hydrogens is 432 g/mol. The summed E-state index contributed by atoms with van der Waals surface area (Å²) in [4.78, 5) is 36.7. The molecule has 1 unspecified atom stereocenters. The molecule has 7 nitrogen and oxygen atoms in total. The van der Waals surface area contributed by atoms with Crippen LogP contribution in [-0.4, -0.2) is 42.8 Å². The Kier molecular flexibility index (Phi) is 6.02. The molecule has 34 heavy (non-hydrogen) atoms. The van der Waals surface area contributed by atoms with Crippen LogP contribution >= 0.6 is 0 Å². The fourth-order valence-corrected chi connectivity index (χ4v) is 4.91. The highest BCUT2D eigenvalue weighted by Crippen LogP contribution is 2.46. The number of amides is 2. The highest BCUT2D eigenvalue weighted by atomic mass is 16.5. The van der Waals surface area contributed by atoms with Crippen molar-refractivity contribution in [2.75, 3.05) is 19.7 Å². The van der Waals surface area contributed by atoms with Crippen LogP contribution in [0, 0.1) is 17.3 Å². The van der Waals surface area contributed by atoms with Gasteiger partial charge >= 0.3 is 12.1 Å². The standard InChI is InChI=1S/C27H30N2O5/c30-24(29-16-27(11-12-27)25(31)32)18(13-17-9-10-17)14-28-26(33)34-15-23-21-7-3-1-5-19(21)20-6-2-4-8-22(20)23/h1-8,17-18,23H,9-16H2,(H,28,33)(H,29,30)(H,31,32). The van der Waals surface area contributed by atoms with Crippen LogP contribution in [0.5, 0.6) is 0 Å². The Hall–Kier alpha value is -3.35. The average Bonchev–Trinajstić information content (AvgIpc) is 3.77. The number of aliphatic carboxylic acids is 1. The normalized spacial score (nSPS) is 18.4. The number of carboxylic acid groups (broad SMARTS) is 1. The maximum absolute atomic E-state index is 12.8. The average molecular weight is 463 g/mol. The zero-order valence-electron chi connectivity index (χ0n) is 19.1. The number of hydrogen-bond acceptors (Lipinski definition) is 4. The number of nitrogens with one attached hydrogen (secondary N) is 2. The predicted molar refractivity (Wildman–Crippen MR) is 126 cm³/mol. The topological polar surface area (TPSA) is 105 Å². The van der Waals surface area contributed by atoms with Gasteiger partial charge in [-0.25, -0.2) is 4.79 Å². The van der Waals surface area contributed by atoms with Crippen LogP contribution in [0.1, 0.15) is 49.1 Å². The minimum atomic E-state index is -0.858. The first-order valence-electron chi connectivity index (χ1n) is 12.1. The van der Waals surface area contributed by atoms with Crippen molar-refractivity contribution in [1.82, 2.24) is 10.6 Å². The van der Waals surface area contributed by atoms with Gasteiger partial charge < -0.3 is 20.5 Å². The van der Waals surface area contributed by atoms with Crippen molar-refractivity contribution < 1.29 is 24.2 Å². The first-order valence-corrected chi connectivity index (χ1v) is 12.1. The Balaban J connectivity index is 1.15. The minimum absolute atomic E-state index is 0.0190. The number of benzene rings is 2. The highest BCUT2D eigenvalue weighted by Gasteiger charge is 2.50. The molecule has 3 aliphatic rings. The Bertz CT molecular complexity index is 1060. The molecule has 7 heteroatoms. The molecule has 0 saturated heterocycles. The summed E-state index contributed by atoms with van der Waals surface area (Å²) in [5.41, 5.74) is 3.83. The van der Waals surface area contributed by atoms with E-state index >= 15 is 0 Å². The van der Waals surface area contributed by atoms with Crippen LogP contribution in [0.4, 0.5) is 4.79 Å². The number of carbonyl (C=O) groups excluding carboxylic acids is 2. The molecular formula is C27H30N2O5. The van der Waals surface area contributed by atoms with Crippen LogP contribution < -0.4 is 10.6 Å². The van der Waals surface area contributed by atoms with E-state index < -0.39 is 23.4 Å². The third kappa shape index (κ3) is 4.65. The molecule has 0 heterocycles. The fraction of sp³-hybridized carbons (Fsp3) is 0.444. The van der Waals surface area contributed by atoms with Crippen molar-refractivity contribution in [2.45, 2.75) is 38.0 Å². The zero-order chi connectivity index (χ0) is 23.7. The summed E-state index contributed by atoms with van der Waals surface area (Å²) in [5.74, 6) is -0.969. The molecule has 0 aliphatic heterocycles. The number of carbonyl (C=O) groups is 3. The van der Waals surface area contributed by atoms with E-state index in [-0.39, 0.29) is 31.5 Å². The summed E-state index contributed by atoms with van der Waals surface area (Å²) < 4.78 is 5.59. The molecule has 0 radical (unpaired) electrons. The number of rotatable bonds is 10. The molecule has 2 amide bonds. The molecule has 3 aliphatic carbocycles. The van der Waals surface area contributed by atoms with Crippen LogP contribution in [0.2, 0.25) is 0 Å². The van der Waals surface area contributed by atoms with Crippen molar-refractivity contribution in [1.29, 1.82) is 0 Å². The van der Waals surface area contributed by atoms with Gasteiger partial charge in [-0.2, -0.15) is 0 Å². The first-order chi connectivity index (χ1) is 16.5. The van der Waals surface area contributed by atoms with E-state index in [0.29, 0.717) is 25.2 Å². The van der Waals surface area contributed by atoms with Gasteiger partial charge in [0.15, 0.2) is 0 Å². The second-order valence-corrected chi connectivity index (χ2v) is 9.89. The quantitative estimate of drug-likeness (QED) is 0.496. The van der Waals surface area contributed by atoms with E-state index in [9.17, 15) is 19.5 Å². The third-order valence-electron chi connectivity index (χ3n) is 7.43. The van der Waals surface area contributed by atoms with E-state index in [1.165, 1.54) is 11.1 Å². The van der Waals surface area contributed by atoms with Gasteiger partial charge in [-0.15, -0.1) is 0 Å². The number of fused-ring (bicyclic) bond motifs is 3. The van der Waals surface area contributed by atoms with E-state index in [1.807, 2.05) is 24.3 Å². The lowest BCUT2D eigenvalue weighted by molar-refractivity contribution is -0.143. The summed E-state index contributed by atoms with van der Waals surface area (Å²) >= 11 is 0. The van der Waals surface area contributed by atoms with Gasteiger partial charge in [-0.3, -0.25) is 9.59 Å². The monoisotopic (exact) mass is 462 g/mol. The Labute approximate surface area is 198 Å². The highest BCUT2D eigenvalue weighted by molar-refractivity contribution is 5.83. The second kappa shape index (κ2) is 9.12. The molecule has 0 aromatic heterocycles. The van der Waals surface area contributed by atoms with Gasteiger partial charge in [0.2, 0.25) is 5.91 Å². The molecule has 1 atom stereocenters. The molecule has 5 rings (SSSR count). The maximum Gasteiger partial charge on any atom is 0.407 e. The summed E-state index contributed by atoms with van der Waals surface area (Å²) in [5, 5.41) is 14.9. The van der Waals surface area contributed by atoms with Gasteiger partial charge in [-0.1, -0.05) is 61.4 Å². The lowest BCUT2D eigenvalue weighted by Gasteiger charge is -2.19. The van der Waals surface area contributed by atoms with Crippen LogP contribution in [0.3, 0.4) is 0 Å². The van der Waals surface area contributed by atoms with E-state index in [1.54, 1.807) is 0 Å². The van der Waals surface area contributed by atoms with Gasteiger partial charge in [0.05, 0.1) is 11.3 Å². The molecule has 2 saturated carbocycles. The number of ether oxygens (including phenoxy) is 1. The lowest BCUT2D eigenvalue weighted by atomic mass is 9.98. The Morgan fingerprint density at radius 2 is 1.59 bits per heavy atom. The van der Waals surface area contributed by atoms with Crippen LogP contribution in [-0.2, 0) is 14.3 Å². The Morgan fingerprint density at radius 3 is 2.15 bits per heavy atom. The molecule has 3 N–H and O–H groups in total. The van der Waals surface area contributed by atoms with Gasteiger partial charge in [-0.05, 0) is 47.4 Å². The third-order valence-corrected chi connectivity index (χ3v) is 7.43. The number of alkyl carbamates (subject to hydrolysis) is 1. The Morgan fingerprint density at radius 1 is 0.971 bits per heavy atom. The van der Waals surface area contributed by atoms with Crippen molar-refractivity contribution in [2.24, 2.45) is 17.3 Å². The van der Waals surface area contributed by atoms with Crippen molar-refractivity contribution in [3.05, 3.63) is 59.7 Å². The summed E-state index contributed by atoms with van der Waals surface area (Å²) in [6.45, 7) is 0.548.